The van der Waals surface area contributed by atoms with Crippen molar-refractivity contribution in [2.75, 3.05) is 0 Å². The molecule has 112 valence electrons. The molecule has 0 bridgehead atoms. The van der Waals surface area contributed by atoms with Gasteiger partial charge in [-0.15, -0.1) is 0 Å². The quantitative estimate of drug-likeness (QED) is 0.841. The maximum Gasteiger partial charge on any atom is 0.108 e. The summed E-state index contributed by atoms with van der Waals surface area (Å²) < 4.78 is 5.58. The summed E-state index contributed by atoms with van der Waals surface area (Å²) in [5, 5.41) is 3.77. The molecule has 0 radical (unpaired) electrons. The Kier molecular flexibility index (Phi) is 4.16. The van der Waals surface area contributed by atoms with Crippen molar-refractivity contribution >= 4 is 0 Å². The molecule has 1 aromatic heterocycles. The van der Waals surface area contributed by atoms with E-state index < -0.39 is 0 Å². The number of furan rings is 1. The van der Waals surface area contributed by atoms with E-state index in [1.165, 1.54) is 35.3 Å². The van der Waals surface area contributed by atoms with E-state index in [-0.39, 0.29) is 0 Å². The first-order valence-electron chi connectivity index (χ1n) is 8.07. The molecule has 0 spiro atoms. The van der Waals surface area contributed by atoms with Gasteiger partial charge in [0.15, 0.2) is 0 Å². The molecule has 2 unspecified atom stereocenters. The van der Waals surface area contributed by atoms with Crippen molar-refractivity contribution in [2.45, 2.75) is 58.0 Å². The summed E-state index contributed by atoms with van der Waals surface area (Å²) in [5.41, 5.74) is 4.11. The molecule has 3 rings (SSSR count). The lowest BCUT2D eigenvalue weighted by Crippen LogP contribution is -2.27. The van der Waals surface area contributed by atoms with E-state index in [1.807, 2.05) is 6.26 Å². The van der Waals surface area contributed by atoms with Crippen LogP contribution < -0.4 is 5.32 Å². The second kappa shape index (κ2) is 6.07. The van der Waals surface area contributed by atoms with Crippen LogP contribution in [0.2, 0.25) is 0 Å². The van der Waals surface area contributed by atoms with E-state index >= 15 is 0 Å². The molecule has 0 fully saturated rings. The third-order valence-corrected chi connectivity index (χ3v) is 4.61. The van der Waals surface area contributed by atoms with Crippen LogP contribution in [0.25, 0.3) is 0 Å². The lowest BCUT2D eigenvalue weighted by Gasteiger charge is -2.27. The van der Waals surface area contributed by atoms with Crippen LogP contribution >= 0.6 is 0 Å². The largest absolute Gasteiger partial charge is 0.469 e. The third kappa shape index (κ3) is 3.06. The zero-order valence-electron chi connectivity index (χ0n) is 13.2. The minimum absolute atomic E-state index is 0.358. The first-order chi connectivity index (χ1) is 10.1. The van der Waals surface area contributed by atoms with Crippen LogP contribution in [-0.4, -0.2) is 0 Å². The minimum atomic E-state index is 0.358. The van der Waals surface area contributed by atoms with Gasteiger partial charge in [-0.1, -0.05) is 38.1 Å². The van der Waals surface area contributed by atoms with E-state index in [0.717, 1.165) is 6.42 Å². The molecule has 0 amide bonds. The van der Waals surface area contributed by atoms with Crippen LogP contribution in [0.3, 0.4) is 0 Å². The van der Waals surface area contributed by atoms with Gasteiger partial charge in [-0.2, -0.15) is 0 Å². The molecular weight excluding hydrogens is 258 g/mol. The summed E-state index contributed by atoms with van der Waals surface area (Å²) in [6, 6.07) is 11.9. The molecule has 1 aromatic carbocycles. The Morgan fingerprint density at radius 2 is 1.76 bits per heavy atom. The topological polar surface area (TPSA) is 25.2 Å². The highest BCUT2D eigenvalue weighted by atomic mass is 16.3. The second-order valence-electron chi connectivity index (χ2n) is 6.45. The molecule has 2 atom stereocenters. The molecule has 21 heavy (non-hydrogen) atoms. The van der Waals surface area contributed by atoms with Gasteiger partial charge in [0.1, 0.15) is 5.76 Å². The van der Waals surface area contributed by atoms with Crippen molar-refractivity contribution in [3.8, 4) is 0 Å². The summed E-state index contributed by atoms with van der Waals surface area (Å²) in [6.45, 7) is 6.72. The maximum absolute atomic E-state index is 5.58. The molecule has 0 saturated heterocycles. The van der Waals surface area contributed by atoms with Crippen LogP contribution in [-0.2, 0) is 6.42 Å². The second-order valence-corrected chi connectivity index (χ2v) is 6.45. The molecule has 1 aliphatic rings. The summed E-state index contributed by atoms with van der Waals surface area (Å²) in [7, 11) is 0. The number of benzene rings is 1. The zero-order chi connectivity index (χ0) is 14.8. The number of aryl methyl sites for hydroxylation is 1. The summed E-state index contributed by atoms with van der Waals surface area (Å²) >= 11 is 0. The van der Waals surface area contributed by atoms with Gasteiger partial charge in [-0.3, -0.25) is 0 Å². The highest BCUT2D eigenvalue weighted by Crippen LogP contribution is 2.32. The van der Waals surface area contributed by atoms with Crippen molar-refractivity contribution in [3.05, 3.63) is 59.0 Å². The number of nitrogens with one attached hydrogen (secondary N) is 1. The molecule has 0 saturated carbocycles. The van der Waals surface area contributed by atoms with Crippen LogP contribution in [0.15, 0.2) is 41.0 Å². The highest BCUT2D eigenvalue weighted by Gasteiger charge is 2.23. The Hall–Kier alpha value is -1.54. The highest BCUT2D eigenvalue weighted by molar-refractivity contribution is 5.28. The van der Waals surface area contributed by atoms with Crippen LogP contribution in [0.5, 0.6) is 0 Å². The first kappa shape index (κ1) is 14.4. The van der Waals surface area contributed by atoms with Crippen molar-refractivity contribution in [1.29, 1.82) is 0 Å². The Balaban J connectivity index is 1.71. The minimum Gasteiger partial charge on any atom is -0.469 e. The first-order valence-corrected chi connectivity index (χ1v) is 8.07. The van der Waals surface area contributed by atoms with Gasteiger partial charge >= 0.3 is 0 Å². The fourth-order valence-corrected chi connectivity index (χ4v) is 3.23. The lowest BCUT2D eigenvalue weighted by molar-refractivity contribution is 0.385. The number of fused-ring (bicyclic) bond motifs is 1. The van der Waals surface area contributed by atoms with Gasteiger partial charge in [0.2, 0.25) is 0 Å². The molecule has 2 aromatic rings. The number of hydrogen-bond acceptors (Lipinski definition) is 2. The summed E-state index contributed by atoms with van der Waals surface area (Å²) in [4.78, 5) is 0. The van der Waals surface area contributed by atoms with Crippen LogP contribution in [0.4, 0.5) is 0 Å². The Morgan fingerprint density at radius 3 is 2.48 bits per heavy atom. The van der Waals surface area contributed by atoms with Crippen LogP contribution in [0.1, 0.15) is 74.1 Å². The smallest absolute Gasteiger partial charge is 0.108 e. The normalized spacial score (nSPS) is 19.5. The molecule has 1 aliphatic carbocycles. The van der Waals surface area contributed by atoms with Crippen molar-refractivity contribution in [1.82, 2.24) is 5.32 Å². The Morgan fingerprint density at radius 1 is 1.05 bits per heavy atom. The predicted octanol–water partition coefficient (Wildman–Crippen LogP) is 5.13. The number of hydrogen-bond donors (Lipinski definition) is 1. The van der Waals surface area contributed by atoms with Crippen LogP contribution in [0, 0.1) is 0 Å². The molecular formula is C19H25NO. The zero-order valence-corrected chi connectivity index (χ0v) is 13.2. The molecule has 1 heterocycles. The van der Waals surface area contributed by atoms with E-state index in [2.05, 4.69) is 56.4 Å². The van der Waals surface area contributed by atoms with Gasteiger partial charge in [-0.05, 0) is 42.9 Å². The summed E-state index contributed by atoms with van der Waals surface area (Å²) in [6.07, 6.45) is 5.31. The maximum atomic E-state index is 5.58. The monoisotopic (exact) mass is 283 g/mol. The van der Waals surface area contributed by atoms with Crippen molar-refractivity contribution < 1.29 is 4.42 Å². The SMILES string of the molecule is CC(C)c1ccc(C(C)NC2CCCc3occc32)cc1. The Labute approximate surface area is 127 Å². The van der Waals surface area contributed by atoms with Gasteiger partial charge in [0.05, 0.1) is 6.26 Å². The van der Waals surface area contributed by atoms with Gasteiger partial charge in [0.25, 0.3) is 0 Å². The van der Waals surface area contributed by atoms with E-state index in [1.54, 1.807) is 0 Å². The fraction of sp³-hybridized carbons (Fsp3) is 0.474. The van der Waals surface area contributed by atoms with E-state index in [4.69, 9.17) is 4.42 Å². The number of rotatable bonds is 4. The standard InChI is InChI=1S/C19H25NO/c1-13(2)15-7-9-16(10-8-15)14(3)20-18-5-4-6-19-17(18)11-12-21-19/h7-14,18,20H,4-6H2,1-3H3. The third-order valence-electron chi connectivity index (χ3n) is 4.61. The lowest BCUT2D eigenvalue weighted by atomic mass is 9.92. The van der Waals surface area contributed by atoms with E-state index in [0.29, 0.717) is 18.0 Å². The molecule has 2 heteroatoms. The van der Waals surface area contributed by atoms with Crippen molar-refractivity contribution in [3.63, 3.8) is 0 Å². The average molecular weight is 283 g/mol. The van der Waals surface area contributed by atoms with Gasteiger partial charge in [-0.25, -0.2) is 0 Å². The Bertz CT molecular complexity index is 582. The summed E-state index contributed by atoms with van der Waals surface area (Å²) in [5.74, 6) is 1.76. The predicted molar refractivity (Wildman–Crippen MR) is 86.5 cm³/mol. The molecule has 1 N–H and O–H groups in total. The van der Waals surface area contributed by atoms with E-state index in [9.17, 15) is 0 Å². The molecule has 0 aliphatic heterocycles. The average Bonchev–Trinajstić information content (AvgIpc) is 2.97. The van der Waals surface area contributed by atoms with Gasteiger partial charge in [0, 0.05) is 24.1 Å². The fourth-order valence-electron chi connectivity index (χ4n) is 3.23. The van der Waals surface area contributed by atoms with Gasteiger partial charge < -0.3 is 9.73 Å². The molecule has 2 nitrogen and oxygen atoms in total. The van der Waals surface area contributed by atoms with Crippen molar-refractivity contribution in [2.24, 2.45) is 0 Å².